The van der Waals surface area contributed by atoms with Crippen molar-refractivity contribution in [3.63, 3.8) is 0 Å². The monoisotopic (exact) mass is 440 g/mol. The molecular formula is C22H27F3N2O4. The van der Waals surface area contributed by atoms with Crippen LogP contribution in [0.3, 0.4) is 0 Å². The van der Waals surface area contributed by atoms with Gasteiger partial charge in [-0.25, -0.2) is 8.78 Å². The second-order valence-electron chi connectivity index (χ2n) is 7.87. The van der Waals surface area contributed by atoms with Gasteiger partial charge in [0, 0.05) is 23.8 Å². The average Bonchev–Trinajstić information content (AvgIpc) is 2.76. The number of carbonyl (C=O) groups excluding carboxylic acids is 1. The highest BCUT2D eigenvalue weighted by atomic mass is 19.3. The summed E-state index contributed by atoms with van der Waals surface area (Å²) in [5.41, 5.74) is -0.229. The number of benzene rings is 1. The summed E-state index contributed by atoms with van der Waals surface area (Å²) in [6, 6.07) is 4.79. The summed E-state index contributed by atoms with van der Waals surface area (Å²) in [5, 5.41) is 24.6. The van der Waals surface area contributed by atoms with Crippen LogP contribution >= 0.6 is 0 Å². The molecule has 9 heteroatoms. The lowest BCUT2D eigenvalue weighted by Crippen LogP contribution is -2.59. The third-order valence-electron chi connectivity index (χ3n) is 5.51. The number of hydrogen-bond donors (Lipinski definition) is 4. The van der Waals surface area contributed by atoms with Crippen LogP contribution in [0.1, 0.15) is 43.7 Å². The Kier molecular flexibility index (Phi) is 8.92. The van der Waals surface area contributed by atoms with Crippen molar-refractivity contribution >= 4 is 11.6 Å². The van der Waals surface area contributed by atoms with Crippen molar-refractivity contribution in [3.8, 4) is 11.8 Å². The molecule has 2 rings (SSSR count). The van der Waals surface area contributed by atoms with Gasteiger partial charge in [-0.2, -0.15) is 5.48 Å². The predicted octanol–water partition coefficient (Wildman–Crippen LogP) is 2.71. The highest BCUT2D eigenvalue weighted by molar-refractivity contribution is 5.84. The Morgan fingerprint density at radius 3 is 2.42 bits per heavy atom. The minimum atomic E-state index is -3.30. The van der Waals surface area contributed by atoms with Crippen LogP contribution < -0.4 is 10.8 Å². The van der Waals surface area contributed by atoms with Gasteiger partial charge >= 0.3 is 0 Å². The van der Waals surface area contributed by atoms with Gasteiger partial charge in [-0.3, -0.25) is 4.79 Å². The van der Waals surface area contributed by atoms with Gasteiger partial charge in [-0.15, -0.1) is 0 Å². The van der Waals surface area contributed by atoms with Crippen molar-refractivity contribution in [2.45, 2.75) is 50.7 Å². The summed E-state index contributed by atoms with van der Waals surface area (Å²) >= 11 is 0. The maximum atomic E-state index is 13.2. The van der Waals surface area contributed by atoms with Crippen LogP contribution in [0.4, 0.5) is 13.3 Å². The number of hydrogen-bond acceptors (Lipinski definition) is 5. The molecule has 1 aliphatic rings. The zero-order chi connectivity index (χ0) is 23.0. The molecule has 0 saturated heterocycles. The molecule has 4 N–H and O–H groups in total. The molecule has 0 radical (unpaired) electrons. The normalized spacial score (nSPS) is 21.4. The van der Waals surface area contributed by atoms with Crippen molar-refractivity contribution < 1.29 is 33.4 Å². The van der Waals surface area contributed by atoms with Gasteiger partial charge in [-0.1, -0.05) is 35.6 Å². The number of nitrogens with one attached hydrogen (secondary N) is 2. The van der Waals surface area contributed by atoms with Gasteiger partial charge in [0.15, 0.2) is 5.60 Å². The maximum absolute atomic E-state index is 13.2. The third kappa shape index (κ3) is 6.72. The Morgan fingerprint density at radius 2 is 1.90 bits per heavy atom. The maximum Gasteiger partial charge on any atom is 0.271 e. The number of carbonyl (C=O) groups is 1. The van der Waals surface area contributed by atoms with Crippen molar-refractivity contribution in [1.29, 1.82) is 0 Å². The molecule has 0 aliphatic heterocycles. The highest BCUT2D eigenvalue weighted by Crippen LogP contribution is 2.28. The van der Waals surface area contributed by atoms with Crippen molar-refractivity contribution in [2.75, 3.05) is 6.61 Å². The summed E-state index contributed by atoms with van der Waals surface area (Å²) in [6.07, 6.45) is 0.531. The first-order valence-corrected chi connectivity index (χ1v) is 9.95. The Labute approximate surface area is 179 Å². The van der Waals surface area contributed by atoms with Crippen LogP contribution in [0, 0.1) is 23.7 Å². The van der Waals surface area contributed by atoms with Crippen LogP contribution in [-0.4, -0.2) is 40.8 Å². The molecule has 0 spiro atoms. The lowest BCUT2D eigenvalue weighted by atomic mass is 9.83. The fourth-order valence-electron chi connectivity index (χ4n) is 3.39. The summed E-state index contributed by atoms with van der Waals surface area (Å²) < 4.78 is 38.3. The van der Waals surface area contributed by atoms with Crippen molar-refractivity contribution in [1.82, 2.24) is 10.8 Å². The van der Waals surface area contributed by atoms with E-state index in [4.69, 9.17) is 0 Å². The molecule has 0 heterocycles. The van der Waals surface area contributed by atoms with E-state index in [0.717, 1.165) is 38.2 Å². The SMILES string of the molecule is C=C(NC(C(=O)NOF)C(C)(O)C(F)F)c1ccc(C#CC2CCC(CO)CC2)cc1. The van der Waals surface area contributed by atoms with Gasteiger partial charge in [0.2, 0.25) is 0 Å². The number of hydroxylamine groups is 1. The smallest absolute Gasteiger partial charge is 0.271 e. The zero-order valence-corrected chi connectivity index (χ0v) is 17.2. The number of halogens is 3. The molecule has 2 atom stereocenters. The highest BCUT2D eigenvalue weighted by Gasteiger charge is 2.45. The van der Waals surface area contributed by atoms with Crippen molar-refractivity contribution in [2.24, 2.45) is 11.8 Å². The molecule has 1 aliphatic carbocycles. The number of amides is 1. The summed E-state index contributed by atoms with van der Waals surface area (Å²) in [4.78, 5) is 11.9. The number of aliphatic hydroxyl groups is 2. The zero-order valence-electron chi connectivity index (χ0n) is 17.2. The Hall–Kier alpha value is -2.54. The van der Waals surface area contributed by atoms with Gasteiger partial charge in [0.25, 0.3) is 12.3 Å². The largest absolute Gasteiger partial charge is 0.396 e. The lowest BCUT2D eigenvalue weighted by molar-refractivity contribution is -0.205. The molecule has 1 fully saturated rings. The first-order valence-electron chi connectivity index (χ1n) is 9.95. The van der Waals surface area contributed by atoms with E-state index in [1.807, 2.05) is 0 Å². The van der Waals surface area contributed by atoms with E-state index in [-0.39, 0.29) is 18.2 Å². The quantitative estimate of drug-likeness (QED) is 0.369. The lowest BCUT2D eigenvalue weighted by Gasteiger charge is -2.32. The fraction of sp³-hybridized carbons (Fsp3) is 0.500. The van der Waals surface area contributed by atoms with Crippen molar-refractivity contribution in [3.05, 3.63) is 42.0 Å². The molecule has 1 aromatic rings. The standard InChI is InChI=1S/C22H27F3N2O4/c1-14(26-19(20(29)27-31-25)22(2,30)21(23)24)18-11-9-16(10-12-18)4-3-15-5-7-17(13-28)8-6-15/h9-12,15,17,19,21,26,28,30H,1,5-8,13H2,2H3,(H,27,29). The summed E-state index contributed by atoms with van der Waals surface area (Å²) in [6.45, 7) is 4.67. The predicted molar refractivity (Wildman–Crippen MR) is 109 cm³/mol. The minimum Gasteiger partial charge on any atom is -0.396 e. The molecule has 1 saturated carbocycles. The number of aliphatic hydroxyl groups excluding tert-OH is 1. The Morgan fingerprint density at radius 1 is 1.29 bits per heavy atom. The van der Waals surface area contributed by atoms with E-state index in [1.165, 1.54) is 5.48 Å². The van der Waals surface area contributed by atoms with E-state index in [0.29, 0.717) is 11.5 Å². The molecule has 31 heavy (non-hydrogen) atoms. The Bertz CT molecular complexity index is 810. The van der Waals surface area contributed by atoms with E-state index in [2.05, 4.69) is 28.8 Å². The second-order valence-corrected chi connectivity index (χ2v) is 7.87. The van der Waals surface area contributed by atoms with Crippen LogP contribution in [0.15, 0.2) is 30.8 Å². The van der Waals surface area contributed by atoms with Crippen LogP contribution in [0.2, 0.25) is 0 Å². The minimum absolute atomic E-state index is 0.0711. The molecule has 0 aromatic heterocycles. The molecule has 1 aromatic carbocycles. The Balaban J connectivity index is 2.05. The van der Waals surface area contributed by atoms with Gasteiger partial charge in [0.1, 0.15) is 6.04 Å². The number of alkyl halides is 2. The second kappa shape index (κ2) is 11.2. The molecule has 1 amide bonds. The molecule has 0 bridgehead atoms. The van der Waals surface area contributed by atoms with Crippen LogP contribution in [0.5, 0.6) is 0 Å². The van der Waals surface area contributed by atoms with Gasteiger partial charge in [-0.05, 0) is 60.7 Å². The van der Waals surface area contributed by atoms with Crippen LogP contribution in [0.25, 0.3) is 5.70 Å². The number of rotatable bonds is 8. The van der Waals surface area contributed by atoms with E-state index >= 15 is 0 Å². The van der Waals surface area contributed by atoms with Gasteiger partial charge < -0.3 is 15.5 Å². The first-order chi connectivity index (χ1) is 14.7. The van der Waals surface area contributed by atoms with E-state index < -0.39 is 24.0 Å². The van der Waals surface area contributed by atoms with E-state index in [1.54, 1.807) is 24.3 Å². The molecule has 6 nitrogen and oxygen atoms in total. The summed E-state index contributed by atoms with van der Waals surface area (Å²) in [7, 11) is 0. The third-order valence-corrected chi connectivity index (χ3v) is 5.51. The fourth-order valence-corrected chi connectivity index (χ4v) is 3.39. The average molecular weight is 440 g/mol. The summed E-state index contributed by atoms with van der Waals surface area (Å²) in [5.74, 6) is 5.66. The molecule has 2 unspecified atom stereocenters. The molecular weight excluding hydrogens is 413 g/mol. The molecule has 170 valence electrons. The van der Waals surface area contributed by atoms with Gasteiger partial charge in [0.05, 0.1) is 0 Å². The first kappa shape index (κ1) is 24.7. The topological polar surface area (TPSA) is 90.8 Å². The van der Waals surface area contributed by atoms with Crippen LogP contribution in [-0.2, 0) is 9.84 Å². The van der Waals surface area contributed by atoms with E-state index in [9.17, 15) is 28.3 Å².